The number of hydrogen-bond acceptors (Lipinski definition) is 5. The van der Waals surface area contributed by atoms with Gasteiger partial charge in [0.05, 0.1) is 27.7 Å². The lowest BCUT2D eigenvalue weighted by Gasteiger charge is -2.51. The summed E-state index contributed by atoms with van der Waals surface area (Å²) in [6, 6.07) is 58.8. The third kappa shape index (κ3) is 5.95. The number of nitrogens with zero attached hydrogens (tertiary/aromatic N) is 4. The molecule has 11 aromatic rings. The van der Waals surface area contributed by atoms with Crippen molar-refractivity contribution in [3.05, 3.63) is 174 Å². The summed E-state index contributed by atoms with van der Waals surface area (Å²) in [5.74, 6) is 0. The lowest BCUT2D eigenvalue weighted by molar-refractivity contribution is 0.195. The highest BCUT2D eigenvalue weighted by Crippen LogP contribution is 2.64. The highest BCUT2D eigenvalue weighted by Gasteiger charge is 2.60. The highest BCUT2D eigenvalue weighted by atomic mass is 16.3. The molecule has 2 fully saturated rings. The van der Waals surface area contributed by atoms with E-state index in [2.05, 4.69) is 240 Å². The van der Waals surface area contributed by atoms with Crippen molar-refractivity contribution in [2.45, 2.75) is 153 Å². The van der Waals surface area contributed by atoms with Crippen molar-refractivity contribution in [1.82, 2.24) is 4.57 Å². The number of benzene rings is 8. The summed E-state index contributed by atoms with van der Waals surface area (Å²) in [5, 5.41) is 5.82. The second-order valence-corrected chi connectivity index (χ2v) is 28.3. The Labute approximate surface area is 476 Å². The van der Waals surface area contributed by atoms with Gasteiger partial charge in [-0.3, -0.25) is 4.57 Å². The molecule has 0 spiro atoms. The van der Waals surface area contributed by atoms with E-state index in [1.807, 2.05) is 0 Å². The molecule has 7 heteroatoms. The molecule has 2 saturated carbocycles. The highest BCUT2D eigenvalue weighted by molar-refractivity contribution is 7.00. The second kappa shape index (κ2) is 15.7. The molecule has 402 valence electrons. The number of anilines is 7. The number of para-hydroxylation sites is 4. The molecule has 8 aromatic carbocycles. The largest absolute Gasteiger partial charge is 0.454 e. The third-order valence-electron chi connectivity index (χ3n) is 22.2. The number of fused-ring (bicyclic) bond motifs is 18. The van der Waals surface area contributed by atoms with E-state index in [1.54, 1.807) is 0 Å². The Kier molecular flexibility index (Phi) is 9.31. The molecule has 3 aromatic heterocycles. The molecular formula is C74H71BN4O2. The van der Waals surface area contributed by atoms with Gasteiger partial charge in [-0.1, -0.05) is 178 Å². The maximum atomic E-state index is 7.20. The van der Waals surface area contributed by atoms with E-state index in [9.17, 15) is 0 Å². The summed E-state index contributed by atoms with van der Waals surface area (Å²) in [6.45, 7) is 24.4. The molecular weight excluding hydrogens is 988 g/mol. The van der Waals surface area contributed by atoms with Crippen LogP contribution < -0.4 is 31.1 Å². The Balaban J connectivity index is 1.00. The van der Waals surface area contributed by atoms with Gasteiger partial charge in [0.1, 0.15) is 11.2 Å². The molecule has 81 heavy (non-hydrogen) atoms. The second-order valence-electron chi connectivity index (χ2n) is 28.3. The molecule has 2 aliphatic carbocycles. The lowest BCUT2D eigenvalue weighted by Crippen LogP contribution is -2.61. The standard InChI is InChI=1S/C74H71BN4O2/c1-69(2,3)44-29-33-56-52(39-44)71(7)35-15-17-37-73(71,9)78(56)46-31-32-54-59(41-46)76(58-26-20-23-49-48-21-11-13-27-62(48)80-67(49)58)60-42-47(79-57-34-30-45(70(4,5)6)40-53(57)72(8)36-16-18-38-74(72,79)10)43-61-65(60)75(54)55-25-19-24-51-64-50-22-12-14-28-63(50)81-68(64)77(61)66(51)55/h11-14,19-34,39-43H,15-18,35-38H2,1-10H3. The van der Waals surface area contributed by atoms with Crippen LogP contribution in [0.1, 0.15) is 143 Å². The van der Waals surface area contributed by atoms with E-state index in [0.717, 1.165) is 63.6 Å². The molecule has 4 atom stereocenters. The average Bonchev–Trinajstić information content (AvgIpc) is 1.92. The van der Waals surface area contributed by atoms with Crippen LogP contribution in [-0.2, 0) is 21.7 Å². The molecule has 6 nitrogen and oxygen atoms in total. The van der Waals surface area contributed by atoms with Crippen molar-refractivity contribution in [2.75, 3.05) is 14.7 Å². The van der Waals surface area contributed by atoms with Gasteiger partial charge in [-0.2, -0.15) is 0 Å². The average molecular weight is 1060 g/mol. The van der Waals surface area contributed by atoms with Crippen LogP contribution in [-0.4, -0.2) is 22.4 Å². The van der Waals surface area contributed by atoms with Gasteiger partial charge >= 0.3 is 0 Å². The fourth-order valence-electron chi connectivity index (χ4n) is 17.5. The zero-order chi connectivity index (χ0) is 55.1. The minimum Gasteiger partial charge on any atom is -0.454 e. The zero-order valence-corrected chi connectivity index (χ0v) is 48.8. The Hall–Kier alpha value is -7.64. The van der Waals surface area contributed by atoms with E-state index < -0.39 is 0 Å². The summed E-state index contributed by atoms with van der Waals surface area (Å²) >= 11 is 0. The Bertz CT molecular complexity index is 4580. The zero-order valence-electron chi connectivity index (χ0n) is 48.8. The normalized spacial score (nSPS) is 23.6. The van der Waals surface area contributed by atoms with Crippen molar-refractivity contribution in [3.63, 3.8) is 0 Å². The van der Waals surface area contributed by atoms with Gasteiger partial charge in [0.25, 0.3) is 6.71 Å². The van der Waals surface area contributed by atoms with Crippen LogP contribution in [0.4, 0.5) is 39.8 Å². The predicted molar refractivity (Wildman–Crippen MR) is 340 cm³/mol. The topological polar surface area (TPSA) is 40.9 Å². The van der Waals surface area contributed by atoms with Crippen molar-refractivity contribution >= 4 is 118 Å². The van der Waals surface area contributed by atoms with Crippen molar-refractivity contribution in [1.29, 1.82) is 0 Å². The van der Waals surface area contributed by atoms with Gasteiger partial charge in [0, 0.05) is 72.2 Å². The summed E-state index contributed by atoms with van der Waals surface area (Å²) in [7, 11) is 0. The van der Waals surface area contributed by atoms with Gasteiger partial charge < -0.3 is 23.5 Å². The summed E-state index contributed by atoms with van der Waals surface area (Å²) < 4.78 is 16.9. The molecule has 0 amide bonds. The minimum absolute atomic E-state index is 0.0178. The summed E-state index contributed by atoms with van der Waals surface area (Å²) in [6.07, 6.45) is 9.42. The predicted octanol–water partition coefficient (Wildman–Crippen LogP) is 18.1. The van der Waals surface area contributed by atoms with E-state index in [0.29, 0.717) is 0 Å². The van der Waals surface area contributed by atoms with Crippen LogP contribution in [0.2, 0.25) is 0 Å². The van der Waals surface area contributed by atoms with Gasteiger partial charge in [-0.05, 0) is 144 Å². The summed E-state index contributed by atoms with van der Waals surface area (Å²) in [4.78, 5) is 8.23. The number of furan rings is 2. The molecule has 7 heterocycles. The van der Waals surface area contributed by atoms with Gasteiger partial charge in [-0.25, -0.2) is 0 Å². The van der Waals surface area contributed by atoms with Crippen molar-refractivity contribution < 1.29 is 8.83 Å². The van der Waals surface area contributed by atoms with Crippen molar-refractivity contribution in [3.8, 4) is 5.69 Å². The van der Waals surface area contributed by atoms with E-state index in [-0.39, 0.29) is 39.5 Å². The minimum atomic E-state index is -0.195. The number of rotatable bonds is 3. The van der Waals surface area contributed by atoms with Gasteiger partial charge in [0.15, 0.2) is 5.58 Å². The van der Waals surface area contributed by atoms with Crippen LogP contribution >= 0.6 is 0 Å². The molecule has 0 saturated heterocycles. The van der Waals surface area contributed by atoms with Crippen LogP contribution in [0.15, 0.2) is 160 Å². The van der Waals surface area contributed by atoms with Gasteiger partial charge in [0.2, 0.25) is 5.71 Å². The first-order valence-electron chi connectivity index (χ1n) is 30.3. The molecule has 4 aliphatic heterocycles. The van der Waals surface area contributed by atoms with Crippen LogP contribution in [0.3, 0.4) is 0 Å². The first-order chi connectivity index (χ1) is 38.9. The van der Waals surface area contributed by atoms with Crippen LogP contribution in [0, 0.1) is 0 Å². The molecule has 6 aliphatic rings. The lowest BCUT2D eigenvalue weighted by atomic mass is 9.33. The Morgan fingerprint density at radius 1 is 0.444 bits per heavy atom. The Morgan fingerprint density at radius 2 is 1.00 bits per heavy atom. The number of hydrogen-bond donors (Lipinski definition) is 0. The first-order valence-corrected chi connectivity index (χ1v) is 30.3. The molecule has 17 rings (SSSR count). The van der Waals surface area contributed by atoms with Crippen LogP contribution in [0.5, 0.6) is 0 Å². The fourth-order valence-corrected chi connectivity index (χ4v) is 17.5. The first kappa shape index (κ1) is 48.1. The van der Waals surface area contributed by atoms with Gasteiger partial charge in [-0.15, -0.1) is 0 Å². The monoisotopic (exact) mass is 1060 g/mol. The number of aromatic nitrogens is 1. The SMILES string of the molecule is CC(C)(C)c1ccc2c(c1)C1(C)CCCCC1(C)N2c1ccc2c(c1)N(c1cccc3c1oc1ccccc13)c1cc(N3c4ccc(C(C)(C)C)cc4C4(C)CCCCC34C)cc3c1B2c1cccc2c4c5ccccc5oc4n-3c12. The van der Waals surface area contributed by atoms with E-state index >= 15 is 0 Å². The summed E-state index contributed by atoms with van der Waals surface area (Å²) in [5.41, 5.74) is 23.9. The smallest absolute Gasteiger partial charge is 0.252 e. The van der Waals surface area contributed by atoms with E-state index in [4.69, 9.17) is 8.83 Å². The molecule has 0 bridgehead atoms. The quantitative estimate of drug-likeness (QED) is 0.165. The Morgan fingerprint density at radius 3 is 1.67 bits per heavy atom. The maximum absolute atomic E-state index is 7.20. The fraction of sp³-hybridized carbons (Fsp3) is 0.324. The van der Waals surface area contributed by atoms with E-state index in [1.165, 1.54) is 127 Å². The molecule has 4 unspecified atom stereocenters. The molecule has 0 radical (unpaired) electrons. The van der Waals surface area contributed by atoms with Crippen LogP contribution in [0.25, 0.3) is 60.6 Å². The molecule has 0 N–H and O–H groups in total. The third-order valence-corrected chi connectivity index (χ3v) is 22.2. The maximum Gasteiger partial charge on any atom is 0.252 e. The van der Waals surface area contributed by atoms with Crippen molar-refractivity contribution in [2.24, 2.45) is 0 Å².